The van der Waals surface area contributed by atoms with Crippen LogP contribution in [0.4, 0.5) is 23.3 Å². The number of nitrogen functional groups attached to an aromatic ring is 1. The molecule has 1 aliphatic rings. The van der Waals surface area contributed by atoms with Gasteiger partial charge >= 0.3 is 0 Å². The number of aromatic nitrogens is 3. The minimum Gasteiger partial charge on any atom is -0.491 e. The number of hydrogen-bond donors (Lipinski definition) is 3. The van der Waals surface area contributed by atoms with E-state index in [9.17, 15) is 9.59 Å². The molecule has 0 aliphatic carbocycles. The van der Waals surface area contributed by atoms with E-state index in [2.05, 4.69) is 20.7 Å². The number of carbonyl (C=O) groups excluding carboxylic acids is 2. The van der Waals surface area contributed by atoms with Gasteiger partial charge in [-0.15, -0.1) is 5.10 Å². The lowest BCUT2D eigenvalue weighted by molar-refractivity contribution is -0.129. The number of anilines is 4. The van der Waals surface area contributed by atoms with Crippen molar-refractivity contribution in [1.29, 1.82) is 0 Å². The van der Waals surface area contributed by atoms with Gasteiger partial charge in [-0.1, -0.05) is 0 Å². The van der Waals surface area contributed by atoms with Gasteiger partial charge in [-0.25, -0.2) is 0 Å². The van der Waals surface area contributed by atoms with Crippen LogP contribution >= 0.6 is 0 Å². The highest BCUT2D eigenvalue weighted by Crippen LogP contribution is 2.34. The lowest BCUT2D eigenvalue weighted by Crippen LogP contribution is -2.45. The zero-order valence-corrected chi connectivity index (χ0v) is 18.2. The standard InChI is InChI=1S/C22H24N6O4/c1-12(2)31-15-8-6-14(7-9-15)24-21-26-20(23)28(27-21)18(29)13-5-10-17-16(11-13)25-19(30)22(3,4)32-17/h5-12H,1-4H3,(H,25,30)(H3,23,24,26,27). The van der Waals surface area contributed by atoms with E-state index in [0.29, 0.717) is 17.1 Å². The Hall–Kier alpha value is -4.08. The van der Waals surface area contributed by atoms with Gasteiger partial charge in [0.25, 0.3) is 11.8 Å². The van der Waals surface area contributed by atoms with E-state index in [4.69, 9.17) is 15.2 Å². The summed E-state index contributed by atoms with van der Waals surface area (Å²) in [7, 11) is 0. The van der Waals surface area contributed by atoms with Crippen molar-refractivity contribution in [3.05, 3.63) is 48.0 Å². The van der Waals surface area contributed by atoms with Gasteiger partial charge in [-0.2, -0.15) is 9.67 Å². The first kappa shape index (κ1) is 21.2. The van der Waals surface area contributed by atoms with E-state index in [1.807, 2.05) is 38.1 Å². The van der Waals surface area contributed by atoms with Crippen molar-refractivity contribution < 1.29 is 19.1 Å². The number of amides is 1. The first-order chi connectivity index (χ1) is 15.1. The van der Waals surface area contributed by atoms with Crippen LogP contribution < -0.4 is 25.8 Å². The average molecular weight is 436 g/mol. The highest BCUT2D eigenvalue weighted by Gasteiger charge is 2.35. The van der Waals surface area contributed by atoms with Crippen LogP contribution in [-0.2, 0) is 4.79 Å². The zero-order valence-electron chi connectivity index (χ0n) is 18.2. The van der Waals surface area contributed by atoms with Crippen molar-refractivity contribution in [3.8, 4) is 11.5 Å². The lowest BCUT2D eigenvalue weighted by Gasteiger charge is -2.31. The summed E-state index contributed by atoms with van der Waals surface area (Å²) in [6.45, 7) is 7.24. The van der Waals surface area contributed by atoms with Gasteiger partial charge in [0.2, 0.25) is 11.9 Å². The molecule has 0 radical (unpaired) electrons. The second kappa shape index (κ2) is 7.88. The number of nitrogens with zero attached hydrogens (tertiary/aromatic N) is 3. The highest BCUT2D eigenvalue weighted by atomic mass is 16.5. The fraction of sp³-hybridized carbons (Fsp3) is 0.273. The molecule has 0 saturated heterocycles. The van der Waals surface area contributed by atoms with E-state index in [-0.39, 0.29) is 29.5 Å². The first-order valence-electron chi connectivity index (χ1n) is 10.1. The second-order valence-electron chi connectivity index (χ2n) is 8.10. The first-order valence-corrected chi connectivity index (χ1v) is 10.1. The number of nitrogens with two attached hydrogens (primary N) is 1. The third-order valence-electron chi connectivity index (χ3n) is 4.69. The van der Waals surface area contributed by atoms with Crippen molar-refractivity contribution in [1.82, 2.24) is 14.8 Å². The lowest BCUT2D eigenvalue weighted by atomic mass is 10.0. The second-order valence-corrected chi connectivity index (χ2v) is 8.10. The predicted molar refractivity (Wildman–Crippen MR) is 119 cm³/mol. The molecule has 3 aromatic rings. The number of ether oxygens (including phenoxy) is 2. The molecule has 1 amide bonds. The predicted octanol–water partition coefficient (Wildman–Crippen LogP) is 3.19. The van der Waals surface area contributed by atoms with Gasteiger partial charge in [-0.3, -0.25) is 9.59 Å². The quantitative estimate of drug-likeness (QED) is 0.555. The van der Waals surface area contributed by atoms with Crippen LogP contribution in [0.1, 0.15) is 38.1 Å². The smallest absolute Gasteiger partial charge is 0.281 e. The largest absolute Gasteiger partial charge is 0.491 e. The Morgan fingerprint density at radius 3 is 2.62 bits per heavy atom. The Morgan fingerprint density at radius 1 is 1.22 bits per heavy atom. The Bertz CT molecular complexity index is 1180. The maximum Gasteiger partial charge on any atom is 0.281 e. The van der Waals surface area contributed by atoms with Gasteiger partial charge in [0.05, 0.1) is 11.8 Å². The molecule has 0 unspecified atom stereocenters. The molecule has 2 aromatic carbocycles. The summed E-state index contributed by atoms with van der Waals surface area (Å²) in [5, 5.41) is 9.93. The van der Waals surface area contributed by atoms with Crippen molar-refractivity contribution in [3.63, 3.8) is 0 Å². The van der Waals surface area contributed by atoms with E-state index >= 15 is 0 Å². The minimum atomic E-state index is -0.992. The normalized spacial score (nSPS) is 14.3. The summed E-state index contributed by atoms with van der Waals surface area (Å²) >= 11 is 0. The molecule has 0 bridgehead atoms. The Morgan fingerprint density at radius 2 is 1.94 bits per heavy atom. The molecular formula is C22H24N6O4. The molecule has 0 spiro atoms. The van der Waals surface area contributed by atoms with Crippen molar-refractivity contribution in [2.24, 2.45) is 0 Å². The van der Waals surface area contributed by atoms with Gasteiger partial charge in [0.15, 0.2) is 5.60 Å². The van der Waals surface area contributed by atoms with Gasteiger partial charge in [0.1, 0.15) is 11.5 Å². The topological polar surface area (TPSA) is 133 Å². The summed E-state index contributed by atoms with van der Waals surface area (Å²) in [6.07, 6.45) is 0.0759. The van der Waals surface area contributed by atoms with Crippen molar-refractivity contribution in [2.45, 2.75) is 39.4 Å². The summed E-state index contributed by atoms with van der Waals surface area (Å²) in [4.78, 5) is 29.2. The van der Waals surface area contributed by atoms with E-state index in [1.165, 1.54) is 6.07 Å². The SMILES string of the molecule is CC(C)Oc1ccc(Nc2nc(N)n(C(=O)c3ccc4c(c3)NC(=O)C(C)(C)O4)n2)cc1. The van der Waals surface area contributed by atoms with Crippen LogP contribution in [0.5, 0.6) is 11.5 Å². The van der Waals surface area contributed by atoms with E-state index in [1.54, 1.807) is 26.0 Å². The monoisotopic (exact) mass is 436 g/mol. The highest BCUT2D eigenvalue weighted by molar-refractivity contribution is 6.03. The molecule has 10 heteroatoms. The molecule has 1 aromatic heterocycles. The molecule has 4 N–H and O–H groups in total. The number of nitrogens with one attached hydrogen (secondary N) is 2. The van der Waals surface area contributed by atoms with Gasteiger partial charge in [-0.05, 0) is 70.2 Å². The summed E-state index contributed by atoms with van der Waals surface area (Å²) in [5.74, 6) is 0.522. The minimum absolute atomic E-state index is 0.0728. The fourth-order valence-corrected chi connectivity index (χ4v) is 3.11. The number of hydrogen-bond acceptors (Lipinski definition) is 8. The number of rotatable bonds is 5. The molecule has 4 rings (SSSR count). The van der Waals surface area contributed by atoms with Crippen LogP contribution in [0.15, 0.2) is 42.5 Å². The third kappa shape index (κ3) is 4.20. The summed E-state index contributed by atoms with van der Waals surface area (Å²) < 4.78 is 12.3. The van der Waals surface area contributed by atoms with E-state index in [0.717, 1.165) is 10.4 Å². The van der Waals surface area contributed by atoms with Crippen LogP contribution in [0.3, 0.4) is 0 Å². The van der Waals surface area contributed by atoms with Crippen LogP contribution in [0.2, 0.25) is 0 Å². The molecule has 32 heavy (non-hydrogen) atoms. The molecular weight excluding hydrogens is 412 g/mol. The van der Waals surface area contributed by atoms with Crippen molar-refractivity contribution >= 4 is 35.1 Å². The van der Waals surface area contributed by atoms with Gasteiger partial charge in [0, 0.05) is 11.3 Å². The molecule has 0 atom stereocenters. The van der Waals surface area contributed by atoms with Crippen LogP contribution in [0, 0.1) is 0 Å². The Labute approximate surface area is 184 Å². The Kier molecular flexibility index (Phi) is 5.21. The average Bonchev–Trinajstić information content (AvgIpc) is 3.09. The fourth-order valence-electron chi connectivity index (χ4n) is 3.11. The van der Waals surface area contributed by atoms with Crippen molar-refractivity contribution in [2.75, 3.05) is 16.4 Å². The third-order valence-corrected chi connectivity index (χ3v) is 4.69. The number of carbonyl (C=O) groups is 2. The summed E-state index contributed by atoms with van der Waals surface area (Å²) in [6, 6.07) is 12.0. The molecule has 166 valence electrons. The molecule has 2 heterocycles. The Balaban J connectivity index is 1.52. The van der Waals surface area contributed by atoms with E-state index < -0.39 is 11.5 Å². The zero-order chi connectivity index (χ0) is 23.0. The maximum absolute atomic E-state index is 13.0. The molecule has 0 saturated carbocycles. The van der Waals surface area contributed by atoms with Gasteiger partial charge < -0.3 is 25.8 Å². The molecule has 10 nitrogen and oxygen atoms in total. The van der Waals surface area contributed by atoms with Crippen LogP contribution in [-0.4, -0.2) is 38.3 Å². The number of fused-ring (bicyclic) bond motifs is 1. The molecule has 0 fully saturated rings. The molecule has 1 aliphatic heterocycles. The van der Waals surface area contributed by atoms with Crippen LogP contribution in [0.25, 0.3) is 0 Å². The summed E-state index contributed by atoms with van der Waals surface area (Å²) in [5.41, 5.74) is 6.31. The maximum atomic E-state index is 13.0. The number of benzene rings is 2.